The molecule has 0 aliphatic carbocycles. The highest BCUT2D eigenvalue weighted by Crippen LogP contribution is 2.21. The Morgan fingerprint density at radius 1 is 1.38 bits per heavy atom. The number of halogens is 1. The first-order valence-corrected chi connectivity index (χ1v) is 3.96. The highest BCUT2D eigenvalue weighted by molar-refractivity contribution is 5.45. The maximum atomic E-state index is 13.2. The molecule has 0 amide bonds. The van der Waals surface area contributed by atoms with Gasteiger partial charge in [0.2, 0.25) is 0 Å². The quantitative estimate of drug-likeness (QED) is 0.600. The van der Waals surface area contributed by atoms with E-state index in [-0.39, 0.29) is 5.82 Å². The van der Waals surface area contributed by atoms with Crippen molar-refractivity contribution in [2.45, 2.75) is 13.8 Å². The number of aryl methyl sites for hydroxylation is 1. The van der Waals surface area contributed by atoms with Crippen LogP contribution in [0.15, 0.2) is 12.1 Å². The van der Waals surface area contributed by atoms with Gasteiger partial charge in [-0.05, 0) is 31.5 Å². The van der Waals surface area contributed by atoms with E-state index in [0.717, 1.165) is 5.56 Å². The maximum Gasteiger partial charge on any atom is 0.139 e. The summed E-state index contributed by atoms with van der Waals surface area (Å²) in [6.07, 6.45) is 0. The molecule has 0 fully saturated rings. The van der Waals surface area contributed by atoms with E-state index in [2.05, 4.69) is 11.8 Å². The summed E-state index contributed by atoms with van der Waals surface area (Å²) in [4.78, 5) is 0. The normalized spacial score (nSPS) is 8.92. The number of methoxy groups -OCH3 is 1. The van der Waals surface area contributed by atoms with Crippen molar-refractivity contribution in [1.82, 2.24) is 0 Å². The Hall–Kier alpha value is -1.49. The third-order valence-electron chi connectivity index (χ3n) is 1.74. The molecule has 0 radical (unpaired) electrons. The zero-order valence-corrected chi connectivity index (χ0v) is 7.94. The number of ether oxygens (including phenoxy) is 1. The van der Waals surface area contributed by atoms with Crippen LogP contribution in [0.4, 0.5) is 4.39 Å². The van der Waals surface area contributed by atoms with Crippen LogP contribution in [-0.4, -0.2) is 7.11 Å². The molecule has 2 heteroatoms. The maximum absolute atomic E-state index is 13.2. The first-order valence-electron chi connectivity index (χ1n) is 3.96. The first kappa shape index (κ1) is 9.60. The molecular formula is C11H11FO. The smallest absolute Gasteiger partial charge is 0.139 e. The number of hydrogen-bond donors (Lipinski definition) is 0. The zero-order chi connectivity index (χ0) is 9.84. The summed E-state index contributed by atoms with van der Waals surface area (Å²) in [6.45, 7) is 3.47. The molecule has 0 saturated heterocycles. The van der Waals surface area contributed by atoms with E-state index in [1.807, 2.05) is 0 Å². The van der Waals surface area contributed by atoms with Crippen molar-refractivity contribution < 1.29 is 9.13 Å². The van der Waals surface area contributed by atoms with Crippen molar-refractivity contribution >= 4 is 0 Å². The van der Waals surface area contributed by atoms with Gasteiger partial charge in [-0.1, -0.05) is 5.92 Å². The summed E-state index contributed by atoms with van der Waals surface area (Å²) in [6, 6.07) is 3.04. The van der Waals surface area contributed by atoms with Crippen molar-refractivity contribution in [1.29, 1.82) is 0 Å². The van der Waals surface area contributed by atoms with Crippen LogP contribution in [0.25, 0.3) is 0 Å². The molecule has 68 valence electrons. The third kappa shape index (κ3) is 2.00. The summed E-state index contributed by atoms with van der Waals surface area (Å²) in [5, 5.41) is 0. The van der Waals surface area contributed by atoms with Gasteiger partial charge in [0.15, 0.2) is 0 Å². The minimum absolute atomic E-state index is 0.298. The van der Waals surface area contributed by atoms with E-state index < -0.39 is 0 Å². The molecule has 13 heavy (non-hydrogen) atoms. The van der Waals surface area contributed by atoms with Crippen LogP contribution in [0, 0.1) is 24.6 Å². The van der Waals surface area contributed by atoms with Crippen molar-refractivity contribution in [2.75, 3.05) is 7.11 Å². The lowest BCUT2D eigenvalue weighted by Gasteiger charge is -2.05. The standard InChI is InChI=1S/C11H11FO/c1-4-5-9-7-11(13-3)8(2)6-10(9)12/h6-7H,1-3H3. The van der Waals surface area contributed by atoms with Crippen LogP contribution in [0.5, 0.6) is 5.75 Å². The van der Waals surface area contributed by atoms with Gasteiger partial charge >= 0.3 is 0 Å². The predicted octanol–water partition coefficient (Wildman–Crippen LogP) is 2.51. The summed E-state index contributed by atoms with van der Waals surface area (Å²) < 4.78 is 18.2. The van der Waals surface area contributed by atoms with Crippen LogP contribution in [0.3, 0.4) is 0 Å². The fourth-order valence-electron chi connectivity index (χ4n) is 1.10. The van der Waals surface area contributed by atoms with Crippen LogP contribution in [0.2, 0.25) is 0 Å². The molecule has 0 saturated carbocycles. The van der Waals surface area contributed by atoms with E-state index in [9.17, 15) is 4.39 Å². The van der Waals surface area contributed by atoms with Gasteiger partial charge < -0.3 is 4.74 Å². The van der Waals surface area contributed by atoms with Gasteiger partial charge in [0.1, 0.15) is 11.6 Å². The Balaban J connectivity index is 3.27. The van der Waals surface area contributed by atoms with E-state index >= 15 is 0 Å². The zero-order valence-electron chi connectivity index (χ0n) is 7.94. The molecule has 0 atom stereocenters. The molecule has 0 bridgehead atoms. The fourth-order valence-corrected chi connectivity index (χ4v) is 1.10. The molecule has 1 rings (SSSR count). The second kappa shape index (κ2) is 3.95. The highest BCUT2D eigenvalue weighted by atomic mass is 19.1. The molecule has 0 aliphatic rings. The lowest BCUT2D eigenvalue weighted by Crippen LogP contribution is -1.91. The van der Waals surface area contributed by atoms with E-state index in [1.165, 1.54) is 6.07 Å². The minimum atomic E-state index is -0.298. The average Bonchev–Trinajstić information content (AvgIpc) is 2.10. The summed E-state index contributed by atoms with van der Waals surface area (Å²) in [7, 11) is 1.56. The number of rotatable bonds is 1. The second-order valence-electron chi connectivity index (χ2n) is 2.68. The van der Waals surface area contributed by atoms with E-state index in [0.29, 0.717) is 11.3 Å². The Labute approximate surface area is 77.5 Å². The molecule has 0 spiro atoms. The summed E-state index contributed by atoms with van der Waals surface area (Å²) in [5.41, 5.74) is 1.16. The van der Waals surface area contributed by atoms with Crippen molar-refractivity contribution in [2.24, 2.45) is 0 Å². The number of hydrogen-bond acceptors (Lipinski definition) is 1. The molecule has 0 heterocycles. The van der Waals surface area contributed by atoms with Crippen LogP contribution < -0.4 is 4.74 Å². The molecule has 0 aliphatic heterocycles. The minimum Gasteiger partial charge on any atom is -0.496 e. The van der Waals surface area contributed by atoms with Crippen LogP contribution >= 0.6 is 0 Å². The third-order valence-corrected chi connectivity index (χ3v) is 1.74. The Kier molecular flexibility index (Phi) is 2.92. The molecule has 1 aromatic rings. The second-order valence-corrected chi connectivity index (χ2v) is 2.68. The molecule has 0 N–H and O–H groups in total. The number of benzene rings is 1. The van der Waals surface area contributed by atoms with Crippen LogP contribution in [-0.2, 0) is 0 Å². The highest BCUT2D eigenvalue weighted by Gasteiger charge is 2.04. The molecule has 1 nitrogen and oxygen atoms in total. The molecule has 1 aromatic carbocycles. The van der Waals surface area contributed by atoms with E-state index in [1.54, 1.807) is 27.0 Å². The molecule has 0 unspecified atom stereocenters. The molecule has 0 aromatic heterocycles. The van der Waals surface area contributed by atoms with Gasteiger partial charge in [0.25, 0.3) is 0 Å². The summed E-state index contributed by atoms with van der Waals surface area (Å²) >= 11 is 0. The SMILES string of the molecule is CC#Cc1cc(OC)c(C)cc1F. The Morgan fingerprint density at radius 3 is 2.62 bits per heavy atom. The predicted molar refractivity (Wildman–Crippen MR) is 50.2 cm³/mol. The largest absolute Gasteiger partial charge is 0.496 e. The molecular weight excluding hydrogens is 167 g/mol. The fraction of sp³-hybridized carbons (Fsp3) is 0.273. The first-order chi connectivity index (χ1) is 6.19. The van der Waals surface area contributed by atoms with Gasteiger partial charge in [0, 0.05) is 0 Å². The van der Waals surface area contributed by atoms with Gasteiger partial charge in [-0.2, -0.15) is 0 Å². The lowest BCUT2D eigenvalue weighted by molar-refractivity contribution is 0.410. The Morgan fingerprint density at radius 2 is 2.08 bits per heavy atom. The monoisotopic (exact) mass is 178 g/mol. The van der Waals surface area contributed by atoms with Crippen molar-refractivity contribution in [3.63, 3.8) is 0 Å². The van der Waals surface area contributed by atoms with Crippen LogP contribution in [0.1, 0.15) is 18.1 Å². The van der Waals surface area contributed by atoms with E-state index in [4.69, 9.17) is 4.74 Å². The van der Waals surface area contributed by atoms with Gasteiger partial charge in [-0.3, -0.25) is 0 Å². The van der Waals surface area contributed by atoms with Gasteiger partial charge in [0.05, 0.1) is 12.7 Å². The van der Waals surface area contributed by atoms with Crippen molar-refractivity contribution in [3.05, 3.63) is 29.1 Å². The van der Waals surface area contributed by atoms with Gasteiger partial charge in [-0.15, -0.1) is 5.92 Å². The topological polar surface area (TPSA) is 9.23 Å². The van der Waals surface area contributed by atoms with Crippen molar-refractivity contribution in [3.8, 4) is 17.6 Å². The Bertz CT molecular complexity index is 372. The average molecular weight is 178 g/mol. The van der Waals surface area contributed by atoms with Gasteiger partial charge in [-0.25, -0.2) is 4.39 Å². The summed E-state index contributed by atoms with van der Waals surface area (Å²) in [5.74, 6) is 5.69. The lowest BCUT2D eigenvalue weighted by atomic mass is 10.1.